The van der Waals surface area contributed by atoms with Gasteiger partial charge in [-0.15, -0.1) is 0 Å². The zero-order valence-electron chi connectivity index (χ0n) is 15.6. The van der Waals surface area contributed by atoms with Gasteiger partial charge < -0.3 is 9.64 Å². The molecule has 27 heavy (non-hydrogen) atoms. The Morgan fingerprint density at radius 1 is 1.15 bits per heavy atom. The third-order valence-corrected chi connectivity index (χ3v) is 4.52. The molecule has 6 heteroatoms. The molecule has 138 valence electrons. The van der Waals surface area contributed by atoms with Crippen LogP contribution in [0.5, 0.6) is 5.75 Å². The molecule has 1 atom stereocenters. The fourth-order valence-corrected chi connectivity index (χ4v) is 2.66. The van der Waals surface area contributed by atoms with E-state index in [0.717, 1.165) is 22.6 Å². The molecule has 0 saturated heterocycles. The summed E-state index contributed by atoms with van der Waals surface area (Å²) >= 11 is 0. The maximum atomic E-state index is 12.5. The normalized spacial score (nSPS) is 12.1. The van der Waals surface area contributed by atoms with Crippen molar-refractivity contribution < 1.29 is 9.53 Å². The highest BCUT2D eigenvalue weighted by Gasteiger charge is 2.15. The number of hydrogen-bond acceptors (Lipinski definition) is 4. The van der Waals surface area contributed by atoms with Crippen LogP contribution >= 0.6 is 0 Å². The summed E-state index contributed by atoms with van der Waals surface area (Å²) in [6.45, 7) is 2.00. The smallest absolute Gasteiger partial charge is 0.246 e. The lowest BCUT2D eigenvalue weighted by Gasteiger charge is -2.24. The molecule has 1 heterocycles. The largest absolute Gasteiger partial charge is 0.497 e. The molecule has 3 rings (SSSR count). The number of ether oxygens (including phenoxy) is 1. The number of nitrogens with zero attached hydrogens (tertiary/aromatic N) is 4. The molecule has 0 aliphatic heterocycles. The Bertz CT molecular complexity index is 900. The van der Waals surface area contributed by atoms with Gasteiger partial charge >= 0.3 is 0 Å². The summed E-state index contributed by atoms with van der Waals surface area (Å²) in [7, 11) is 3.43. The first-order chi connectivity index (χ1) is 13.1. The van der Waals surface area contributed by atoms with Crippen molar-refractivity contribution in [2.75, 3.05) is 14.2 Å². The second-order valence-electron chi connectivity index (χ2n) is 6.16. The Morgan fingerprint density at radius 3 is 2.44 bits per heavy atom. The molecule has 0 bridgehead atoms. The van der Waals surface area contributed by atoms with Crippen LogP contribution in [0, 0.1) is 0 Å². The highest BCUT2D eigenvalue weighted by Crippen LogP contribution is 2.21. The Balaban J connectivity index is 1.65. The maximum absolute atomic E-state index is 12.5. The summed E-state index contributed by atoms with van der Waals surface area (Å²) in [5.74, 6) is 0.734. The van der Waals surface area contributed by atoms with Gasteiger partial charge in [-0.2, -0.15) is 5.10 Å². The van der Waals surface area contributed by atoms with Crippen molar-refractivity contribution in [2.45, 2.75) is 13.0 Å². The van der Waals surface area contributed by atoms with Crippen molar-refractivity contribution in [1.82, 2.24) is 19.7 Å². The maximum Gasteiger partial charge on any atom is 0.246 e. The van der Waals surface area contributed by atoms with Crippen molar-refractivity contribution in [3.8, 4) is 11.4 Å². The van der Waals surface area contributed by atoms with Gasteiger partial charge in [0, 0.05) is 13.1 Å². The second kappa shape index (κ2) is 8.31. The summed E-state index contributed by atoms with van der Waals surface area (Å²) in [5, 5.41) is 4.11. The number of likely N-dealkylation sites (N-methyl/N-ethyl adjacent to an activating group) is 1. The van der Waals surface area contributed by atoms with Crippen LogP contribution in [0.15, 0.2) is 67.3 Å². The molecule has 1 amide bonds. The lowest BCUT2D eigenvalue weighted by molar-refractivity contribution is -0.126. The predicted molar refractivity (Wildman–Crippen MR) is 105 cm³/mol. The van der Waals surface area contributed by atoms with Crippen LogP contribution in [-0.4, -0.2) is 39.7 Å². The lowest BCUT2D eigenvalue weighted by atomic mass is 10.1. The fraction of sp³-hybridized carbons (Fsp3) is 0.190. The summed E-state index contributed by atoms with van der Waals surface area (Å²) in [6.07, 6.45) is 6.54. The second-order valence-corrected chi connectivity index (χ2v) is 6.16. The van der Waals surface area contributed by atoms with E-state index >= 15 is 0 Å². The average molecular weight is 362 g/mol. The predicted octanol–water partition coefficient (Wildman–Crippen LogP) is 3.51. The number of carbonyl (C=O) groups excluding carboxylic acids is 1. The molecule has 0 spiro atoms. The summed E-state index contributed by atoms with van der Waals surface area (Å²) in [5.41, 5.74) is 2.92. The molecule has 2 aromatic carbocycles. The Labute approximate surface area is 158 Å². The van der Waals surface area contributed by atoms with Crippen molar-refractivity contribution >= 4 is 12.0 Å². The summed E-state index contributed by atoms with van der Waals surface area (Å²) in [6, 6.07) is 15.4. The van der Waals surface area contributed by atoms with E-state index in [1.54, 1.807) is 42.2 Å². The van der Waals surface area contributed by atoms with E-state index < -0.39 is 0 Å². The van der Waals surface area contributed by atoms with Gasteiger partial charge in [-0.1, -0.05) is 24.3 Å². The van der Waals surface area contributed by atoms with Crippen LogP contribution in [0.3, 0.4) is 0 Å². The first kappa shape index (κ1) is 18.4. The van der Waals surface area contributed by atoms with Crippen molar-refractivity contribution in [2.24, 2.45) is 0 Å². The Hall–Kier alpha value is -3.41. The zero-order chi connectivity index (χ0) is 19.2. The van der Waals surface area contributed by atoms with Gasteiger partial charge in [-0.3, -0.25) is 4.79 Å². The van der Waals surface area contributed by atoms with Gasteiger partial charge in [-0.25, -0.2) is 9.67 Å². The van der Waals surface area contributed by atoms with Crippen LogP contribution < -0.4 is 4.74 Å². The van der Waals surface area contributed by atoms with E-state index in [4.69, 9.17) is 4.74 Å². The first-order valence-corrected chi connectivity index (χ1v) is 8.62. The monoisotopic (exact) mass is 362 g/mol. The minimum Gasteiger partial charge on any atom is -0.497 e. The van der Waals surface area contributed by atoms with Crippen molar-refractivity contribution in [3.63, 3.8) is 0 Å². The van der Waals surface area contributed by atoms with E-state index in [2.05, 4.69) is 10.1 Å². The van der Waals surface area contributed by atoms with Crippen molar-refractivity contribution in [1.29, 1.82) is 0 Å². The molecule has 6 nitrogen and oxygen atoms in total. The molecule has 0 radical (unpaired) electrons. The quantitative estimate of drug-likeness (QED) is 0.630. The number of benzene rings is 2. The molecule has 3 aromatic rings. The van der Waals surface area contributed by atoms with Gasteiger partial charge in [0.2, 0.25) is 5.91 Å². The molecule has 0 aliphatic carbocycles. The molecular weight excluding hydrogens is 340 g/mol. The van der Waals surface area contributed by atoms with Crippen LogP contribution in [0.25, 0.3) is 11.8 Å². The first-order valence-electron chi connectivity index (χ1n) is 8.62. The fourth-order valence-electron chi connectivity index (χ4n) is 2.66. The molecule has 1 aromatic heterocycles. The summed E-state index contributed by atoms with van der Waals surface area (Å²) < 4.78 is 6.83. The average Bonchev–Trinajstić information content (AvgIpc) is 3.26. The Kier molecular flexibility index (Phi) is 5.66. The van der Waals surface area contributed by atoms with E-state index in [0.29, 0.717) is 0 Å². The Morgan fingerprint density at radius 2 is 1.85 bits per heavy atom. The molecular formula is C21H22N4O2. The zero-order valence-corrected chi connectivity index (χ0v) is 15.6. The number of methoxy groups -OCH3 is 1. The number of rotatable bonds is 6. The van der Waals surface area contributed by atoms with Crippen LogP contribution in [0.4, 0.5) is 0 Å². The number of aromatic nitrogens is 3. The SMILES string of the molecule is COc1ccc(/C=C/C(=O)N(C)[C@@H](C)c2ccc(-n3cncn3)cc2)cc1. The number of amides is 1. The minimum absolute atomic E-state index is 0.0530. The minimum atomic E-state index is -0.0568. The summed E-state index contributed by atoms with van der Waals surface area (Å²) in [4.78, 5) is 18.2. The molecule has 0 unspecified atom stereocenters. The van der Waals surface area contributed by atoms with E-state index in [9.17, 15) is 4.79 Å². The number of carbonyl (C=O) groups is 1. The van der Waals surface area contributed by atoms with Gasteiger partial charge in [0.25, 0.3) is 0 Å². The highest BCUT2D eigenvalue weighted by molar-refractivity contribution is 5.91. The van der Waals surface area contributed by atoms with Gasteiger partial charge in [0.05, 0.1) is 18.8 Å². The third kappa shape index (κ3) is 4.41. The van der Waals surface area contributed by atoms with Crippen LogP contribution in [0.1, 0.15) is 24.1 Å². The number of hydrogen-bond donors (Lipinski definition) is 0. The molecule has 0 aliphatic rings. The molecule has 0 N–H and O–H groups in total. The van der Waals surface area contributed by atoms with Crippen LogP contribution in [-0.2, 0) is 4.79 Å². The lowest BCUT2D eigenvalue weighted by Crippen LogP contribution is -2.27. The van der Waals surface area contributed by atoms with E-state index in [1.165, 1.54) is 6.33 Å². The van der Waals surface area contributed by atoms with E-state index in [1.807, 2.05) is 55.5 Å². The van der Waals surface area contributed by atoms with Gasteiger partial charge in [0.1, 0.15) is 18.4 Å². The molecule has 0 fully saturated rings. The van der Waals surface area contributed by atoms with Crippen LogP contribution in [0.2, 0.25) is 0 Å². The van der Waals surface area contributed by atoms with Crippen molar-refractivity contribution in [3.05, 3.63) is 78.4 Å². The standard InChI is InChI=1S/C21H22N4O2/c1-16(18-7-9-19(10-8-18)25-15-22-14-23-25)24(2)21(26)13-6-17-4-11-20(27-3)12-5-17/h4-16H,1-3H3/b13-6+/t16-/m0/s1. The topological polar surface area (TPSA) is 60.2 Å². The third-order valence-electron chi connectivity index (χ3n) is 4.52. The van der Waals surface area contributed by atoms with Gasteiger partial charge in [-0.05, 0) is 48.4 Å². The molecule has 0 saturated carbocycles. The highest BCUT2D eigenvalue weighted by atomic mass is 16.5. The van der Waals surface area contributed by atoms with Gasteiger partial charge in [0.15, 0.2) is 0 Å². The van der Waals surface area contributed by atoms with E-state index in [-0.39, 0.29) is 11.9 Å².